The lowest BCUT2D eigenvalue weighted by atomic mass is 9.74. The molecule has 26 nitrogen and oxygen atoms in total. The fourth-order valence-electron chi connectivity index (χ4n) is 13.9. The second-order valence-corrected chi connectivity index (χ2v) is 27.3. The molecule has 3 saturated carbocycles. The number of rotatable bonds is 14. The van der Waals surface area contributed by atoms with Crippen molar-refractivity contribution < 1.29 is 67.4 Å². The minimum absolute atomic E-state index is 0.0361. The fraction of sp³-hybridized carbons (Fsp3) is 0.691. The first kappa shape index (κ1) is 75.1. The Hall–Kier alpha value is -7.93. The maximum Gasteiger partial charge on any atom is 0.303 e. The molecule has 2 heterocycles. The van der Waals surface area contributed by atoms with Gasteiger partial charge in [0.2, 0.25) is 70.9 Å². The summed E-state index contributed by atoms with van der Waals surface area (Å²) in [5.41, 5.74) is 0.0742. The van der Waals surface area contributed by atoms with E-state index in [1.54, 1.807) is 25.1 Å². The highest BCUT2D eigenvalue weighted by atomic mass is 16.4. The number of benzene rings is 1. The first-order valence-electron chi connectivity index (χ1n) is 33.6. The quantitative estimate of drug-likeness (QED) is 0.195. The van der Waals surface area contributed by atoms with E-state index in [4.69, 9.17) is 0 Å². The van der Waals surface area contributed by atoms with Gasteiger partial charge in [-0.1, -0.05) is 94.7 Å². The molecule has 1 aromatic rings. The molecule has 2 aliphatic heterocycles. The first-order valence-corrected chi connectivity index (χ1v) is 33.6. The van der Waals surface area contributed by atoms with Gasteiger partial charge in [0, 0.05) is 82.3 Å². The molecule has 26 heteroatoms. The van der Waals surface area contributed by atoms with Crippen LogP contribution in [0.15, 0.2) is 36.9 Å². The van der Waals surface area contributed by atoms with Crippen LogP contribution in [0.4, 0.5) is 0 Å². The highest BCUT2D eigenvalue weighted by Crippen LogP contribution is 2.38. The summed E-state index contributed by atoms with van der Waals surface area (Å²) >= 11 is 0. The van der Waals surface area contributed by atoms with Gasteiger partial charge in [-0.15, -0.1) is 6.58 Å². The van der Waals surface area contributed by atoms with Gasteiger partial charge in [-0.2, -0.15) is 0 Å². The van der Waals surface area contributed by atoms with Gasteiger partial charge in [-0.3, -0.25) is 62.3 Å². The molecule has 6 rings (SSSR count). The number of aliphatic carboxylic acids is 1. The zero-order chi connectivity index (χ0) is 69.5. The molecule has 5 fully saturated rings. The minimum atomic E-state index is -1.51. The number of carboxylic acids is 1. The Kier molecular flexibility index (Phi) is 27.1. The minimum Gasteiger partial charge on any atom is -0.481 e. The van der Waals surface area contributed by atoms with E-state index < -0.39 is 170 Å². The SMILES string of the molecule is C=CCCN1C(=O)CN(C)C(=O)CN(C)C(=O)[C@H]([C@@H](C)CC)NC(=O)[C@H](CC2CCCC2)N(C)C(=O)C[C@@H](C(=O)N(C)C)N(C)C(=O)[C@H](C2CCCC2)N(C)C(=O)C2(CCC2)NC(=O)[C@@H]2CCCN2C(=O)[C@@H](CCC(=O)O)NC(=O)CN(C)C(=O)[C@@H]1Cc1ccc(C)cc1. The van der Waals surface area contributed by atoms with E-state index >= 15 is 9.59 Å². The third-order valence-electron chi connectivity index (χ3n) is 20.2. The van der Waals surface area contributed by atoms with Crippen molar-refractivity contribution in [3.63, 3.8) is 0 Å². The molecular weight excluding hydrogens is 1210 g/mol. The zero-order valence-electron chi connectivity index (χ0n) is 57.3. The van der Waals surface area contributed by atoms with Crippen molar-refractivity contribution in [2.75, 3.05) is 89.1 Å². The Labute approximate surface area is 554 Å². The first-order chi connectivity index (χ1) is 44.4. The molecule has 94 heavy (non-hydrogen) atoms. The van der Waals surface area contributed by atoms with E-state index in [2.05, 4.69) is 22.5 Å². The van der Waals surface area contributed by atoms with Crippen molar-refractivity contribution in [3.8, 4) is 0 Å². The van der Waals surface area contributed by atoms with Crippen LogP contribution in [0, 0.1) is 24.7 Å². The van der Waals surface area contributed by atoms with Crippen LogP contribution < -0.4 is 16.0 Å². The van der Waals surface area contributed by atoms with E-state index in [9.17, 15) is 57.8 Å². The number of fused-ring (bicyclic) bond motifs is 1. The summed E-state index contributed by atoms with van der Waals surface area (Å²) in [6, 6.07) is -1.53. The number of carbonyl (C=O) groups is 13. The molecule has 3 aliphatic carbocycles. The van der Waals surface area contributed by atoms with E-state index in [0.717, 1.165) is 58.8 Å². The average Bonchev–Trinajstić information content (AvgIpc) is 1.09. The number of nitrogens with zero attached hydrogens (tertiary/aromatic N) is 9. The maximum atomic E-state index is 15.4. The molecule has 1 aromatic carbocycles. The third-order valence-corrected chi connectivity index (χ3v) is 20.2. The van der Waals surface area contributed by atoms with E-state index in [1.165, 1.54) is 85.8 Å². The van der Waals surface area contributed by atoms with Gasteiger partial charge in [0.25, 0.3) is 0 Å². The van der Waals surface area contributed by atoms with Crippen molar-refractivity contribution in [2.24, 2.45) is 17.8 Å². The molecule has 1 spiro atoms. The summed E-state index contributed by atoms with van der Waals surface area (Å²) in [6.07, 6.45) is 8.33. The lowest BCUT2D eigenvalue weighted by molar-refractivity contribution is -0.158. The Morgan fingerprint density at radius 2 is 1.32 bits per heavy atom. The number of hydrogen-bond acceptors (Lipinski definition) is 13. The van der Waals surface area contributed by atoms with Crippen molar-refractivity contribution in [1.29, 1.82) is 0 Å². The van der Waals surface area contributed by atoms with Crippen LogP contribution in [0.2, 0.25) is 0 Å². The van der Waals surface area contributed by atoms with Crippen LogP contribution in [0.5, 0.6) is 0 Å². The van der Waals surface area contributed by atoms with E-state index in [-0.39, 0.29) is 63.5 Å². The molecule has 0 aromatic heterocycles. The van der Waals surface area contributed by atoms with Crippen molar-refractivity contribution in [1.82, 2.24) is 60.0 Å². The second kappa shape index (κ2) is 34.0. The zero-order valence-corrected chi connectivity index (χ0v) is 57.3. The van der Waals surface area contributed by atoms with Gasteiger partial charge in [0.1, 0.15) is 47.8 Å². The van der Waals surface area contributed by atoms with Crippen molar-refractivity contribution in [3.05, 3.63) is 48.0 Å². The molecule has 4 N–H and O–H groups in total. The largest absolute Gasteiger partial charge is 0.481 e. The molecule has 0 radical (unpaired) electrons. The molecule has 8 atom stereocenters. The van der Waals surface area contributed by atoms with Gasteiger partial charge in [-0.05, 0) is 94.4 Å². The Balaban J connectivity index is 1.42. The molecule has 5 aliphatic rings. The van der Waals surface area contributed by atoms with Crippen LogP contribution in [0.1, 0.15) is 147 Å². The van der Waals surface area contributed by atoms with E-state index in [1.807, 2.05) is 26.0 Å². The Morgan fingerprint density at radius 1 is 0.702 bits per heavy atom. The number of amides is 12. The van der Waals surface area contributed by atoms with Crippen LogP contribution in [-0.2, 0) is 68.7 Å². The third kappa shape index (κ3) is 18.7. The molecule has 0 bridgehead atoms. The molecule has 2 saturated heterocycles. The highest BCUT2D eigenvalue weighted by Gasteiger charge is 2.53. The van der Waals surface area contributed by atoms with Crippen LogP contribution in [0.25, 0.3) is 0 Å². The van der Waals surface area contributed by atoms with Crippen LogP contribution in [-0.4, -0.2) is 263 Å². The summed E-state index contributed by atoms with van der Waals surface area (Å²) in [7, 11) is 11.5. The smallest absolute Gasteiger partial charge is 0.303 e. The number of carbonyl (C=O) groups excluding carboxylic acids is 12. The maximum absolute atomic E-state index is 15.4. The topological polar surface area (TPSA) is 307 Å². The number of carboxylic acid groups (broad SMARTS) is 1. The van der Waals surface area contributed by atoms with Gasteiger partial charge < -0.3 is 65.2 Å². The summed E-state index contributed by atoms with van der Waals surface area (Å²) in [4.78, 5) is 200. The summed E-state index contributed by atoms with van der Waals surface area (Å²) in [5.74, 6) is -10.0. The van der Waals surface area contributed by atoms with Gasteiger partial charge in [-0.25, -0.2) is 0 Å². The average molecular weight is 1310 g/mol. The number of likely N-dealkylation sites (N-methyl/N-ethyl adjacent to an activating group) is 7. The van der Waals surface area contributed by atoms with Gasteiger partial charge in [0.15, 0.2) is 0 Å². The number of aryl methyl sites for hydroxylation is 1. The van der Waals surface area contributed by atoms with Crippen molar-refractivity contribution in [2.45, 2.75) is 197 Å². The lowest BCUT2D eigenvalue weighted by Gasteiger charge is -2.46. The van der Waals surface area contributed by atoms with Crippen LogP contribution in [0.3, 0.4) is 0 Å². The van der Waals surface area contributed by atoms with Crippen molar-refractivity contribution >= 4 is 76.9 Å². The lowest BCUT2D eigenvalue weighted by Crippen LogP contribution is -2.68. The summed E-state index contributed by atoms with van der Waals surface area (Å²) < 4.78 is 0. The summed E-state index contributed by atoms with van der Waals surface area (Å²) in [6.45, 7) is 7.58. The predicted molar refractivity (Wildman–Crippen MR) is 349 cm³/mol. The summed E-state index contributed by atoms with van der Waals surface area (Å²) in [5, 5.41) is 18.4. The molecular formula is C68H104N12O14. The fourth-order valence-corrected chi connectivity index (χ4v) is 13.9. The predicted octanol–water partition coefficient (Wildman–Crippen LogP) is 2.34. The standard InChI is InChI=1S/C68H104N12O14/c1-13-15-35-79-52(38-46-29-27-43(3)28-30-46)64(91)74(8)40-53(81)69-48(31-32-57(85)86)62(89)80-36-20-26-49(80)61(88)71-68(33-21-34-68)67(94)78(12)59(47-24-18-19-25-47)66(93)77(11)51(63(90)72(5)6)39-54(82)76(10)50(37-45-22-16-17-23-45)60(87)70-58(44(4)14-2)65(92)75(9)41-55(83)73(7)42-56(79)84/h13,27-30,44-45,47-52,58-59H,1,14-26,31-42H2,2-12H3,(H,69,81)(H,70,87)(H,71,88)(H,85,86)/t44-,48+,49-,50-,51-,52-,58-,59-/m0/s1. The monoisotopic (exact) mass is 1310 g/mol. The molecule has 12 amide bonds. The normalized spacial score (nSPS) is 26.1. The molecule has 520 valence electrons. The highest BCUT2D eigenvalue weighted by molar-refractivity contribution is 6.01. The van der Waals surface area contributed by atoms with Crippen LogP contribution >= 0.6 is 0 Å². The number of hydrogen-bond donors (Lipinski definition) is 4. The van der Waals surface area contributed by atoms with Gasteiger partial charge in [0.05, 0.1) is 26.1 Å². The molecule has 0 unspecified atom stereocenters. The van der Waals surface area contributed by atoms with Gasteiger partial charge >= 0.3 is 5.97 Å². The Morgan fingerprint density at radius 3 is 1.90 bits per heavy atom. The number of nitrogens with one attached hydrogen (secondary N) is 3. The van der Waals surface area contributed by atoms with E-state index in [0.29, 0.717) is 37.7 Å². The Bertz CT molecular complexity index is 2940. The second-order valence-electron chi connectivity index (χ2n) is 27.3.